The highest BCUT2D eigenvalue weighted by Gasteiger charge is 2.59. The first-order valence-corrected chi connectivity index (χ1v) is 11.0. The Kier molecular flexibility index (Phi) is 4.11. The molecular formula is C22H35NO4. The van der Waals surface area contributed by atoms with Crippen molar-refractivity contribution >= 4 is 6.09 Å². The SMILES string of the molecule is CC(C)(C)OC(=O)N1C2COCC1CC(O)(C1C3CC4CC(C3)CC1C4)C2. The maximum absolute atomic E-state index is 12.8. The molecule has 2 saturated heterocycles. The van der Waals surface area contributed by atoms with Gasteiger partial charge < -0.3 is 14.6 Å². The second-order valence-electron chi connectivity index (χ2n) is 11.2. The van der Waals surface area contributed by atoms with Gasteiger partial charge in [0.15, 0.2) is 0 Å². The van der Waals surface area contributed by atoms with E-state index in [1.54, 1.807) is 0 Å². The van der Waals surface area contributed by atoms with Crippen LogP contribution in [0.3, 0.4) is 0 Å². The van der Waals surface area contributed by atoms with Crippen LogP contribution in [0.1, 0.15) is 65.7 Å². The first kappa shape index (κ1) is 18.2. The quantitative estimate of drug-likeness (QED) is 0.759. The molecule has 6 bridgehead atoms. The van der Waals surface area contributed by atoms with Gasteiger partial charge in [-0.2, -0.15) is 0 Å². The zero-order chi connectivity index (χ0) is 19.0. The number of rotatable bonds is 1. The van der Waals surface area contributed by atoms with E-state index in [1.165, 1.54) is 32.1 Å². The first-order valence-electron chi connectivity index (χ1n) is 11.0. The predicted molar refractivity (Wildman–Crippen MR) is 101 cm³/mol. The fourth-order valence-electron chi connectivity index (χ4n) is 7.70. The molecule has 6 rings (SSSR count). The normalized spacial score (nSPS) is 48.6. The largest absolute Gasteiger partial charge is 0.444 e. The van der Waals surface area contributed by atoms with Crippen molar-refractivity contribution in [1.29, 1.82) is 0 Å². The average molecular weight is 378 g/mol. The van der Waals surface area contributed by atoms with Crippen molar-refractivity contribution in [3.8, 4) is 0 Å². The second kappa shape index (κ2) is 6.09. The Hall–Kier alpha value is -0.810. The molecule has 0 aromatic rings. The molecule has 2 atom stereocenters. The summed E-state index contributed by atoms with van der Waals surface area (Å²) in [6, 6.07) is -0.121. The summed E-state index contributed by atoms with van der Waals surface area (Å²) in [7, 11) is 0. The monoisotopic (exact) mass is 377 g/mol. The van der Waals surface area contributed by atoms with E-state index in [-0.39, 0.29) is 18.2 Å². The van der Waals surface area contributed by atoms with Crippen molar-refractivity contribution < 1.29 is 19.4 Å². The Labute approximate surface area is 162 Å². The highest BCUT2D eigenvalue weighted by molar-refractivity contribution is 5.69. The molecule has 152 valence electrons. The number of amides is 1. The lowest BCUT2D eigenvalue weighted by molar-refractivity contribution is -0.200. The van der Waals surface area contributed by atoms with E-state index >= 15 is 0 Å². The average Bonchev–Trinajstić information content (AvgIpc) is 2.50. The van der Waals surface area contributed by atoms with E-state index in [9.17, 15) is 9.90 Å². The van der Waals surface area contributed by atoms with Crippen molar-refractivity contribution in [2.24, 2.45) is 29.6 Å². The van der Waals surface area contributed by atoms with Gasteiger partial charge in [-0.15, -0.1) is 0 Å². The molecular weight excluding hydrogens is 342 g/mol. The second-order valence-corrected chi connectivity index (χ2v) is 11.2. The summed E-state index contributed by atoms with van der Waals surface area (Å²) < 4.78 is 11.5. The summed E-state index contributed by atoms with van der Waals surface area (Å²) >= 11 is 0. The van der Waals surface area contributed by atoms with Gasteiger partial charge in [0.1, 0.15) is 5.60 Å². The lowest BCUT2D eigenvalue weighted by Gasteiger charge is -2.62. The van der Waals surface area contributed by atoms with Gasteiger partial charge in [-0.25, -0.2) is 4.79 Å². The number of ether oxygens (including phenoxy) is 2. The highest BCUT2D eigenvalue weighted by atomic mass is 16.6. The fourth-order valence-corrected chi connectivity index (χ4v) is 7.70. The molecule has 1 amide bonds. The van der Waals surface area contributed by atoms with E-state index in [4.69, 9.17) is 9.47 Å². The van der Waals surface area contributed by atoms with Crippen LogP contribution in [0.5, 0.6) is 0 Å². The Morgan fingerprint density at radius 1 is 1.00 bits per heavy atom. The van der Waals surface area contributed by atoms with Gasteiger partial charge in [0, 0.05) is 0 Å². The molecule has 27 heavy (non-hydrogen) atoms. The predicted octanol–water partition coefficient (Wildman–Crippen LogP) is 3.59. The summed E-state index contributed by atoms with van der Waals surface area (Å²) in [5, 5.41) is 11.9. The number of fused-ring (bicyclic) bond motifs is 2. The van der Waals surface area contributed by atoms with E-state index in [0.29, 0.717) is 43.8 Å². The summed E-state index contributed by atoms with van der Waals surface area (Å²) in [5.74, 6) is 3.64. The van der Waals surface area contributed by atoms with Crippen LogP contribution in [0.4, 0.5) is 4.79 Å². The molecule has 2 aliphatic heterocycles. The van der Waals surface area contributed by atoms with Crippen molar-refractivity contribution in [3.63, 3.8) is 0 Å². The Morgan fingerprint density at radius 2 is 1.52 bits per heavy atom. The number of aliphatic hydroxyl groups is 1. The van der Waals surface area contributed by atoms with Crippen molar-refractivity contribution in [1.82, 2.24) is 4.90 Å². The lowest BCUT2D eigenvalue weighted by Crippen LogP contribution is -2.67. The third-order valence-corrected chi connectivity index (χ3v) is 8.04. The van der Waals surface area contributed by atoms with Crippen molar-refractivity contribution in [3.05, 3.63) is 0 Å². The molecule has 5 heteroatoms. The maximum atomic E-state index is 12.8. The third kappa shape index (κ3) is 3.09. The maximum Gasteiger partial charge on any atom is 0.410 e. The summed E-state index contributed by atoms with van der Waals surface area (Å²) in [4.78, 5) is 14.7. The Bertz CT molecular complexity index is 570. The molecule has 0 radical (unpaired) electrons. The molecule has 2 heterocycles. The van der Waals surface area contributed by atoms with E-state index in [2.05, 4.69) is 0 Å². The summed E-state index contributed by atoms with van der Waals surface area (Å²) in [6.07, 6.45) is 7.77. The molecule has 0 aromatic carbocycles. The van der Waals surface area contributed by atoms with Gasteiger partial charge in [-0.1, -0.05) is 0 Å². The topological polar surface area (TPSA) is 59.0 Å². The minimum atomic E-state index is -0.639. The minimum Gasteiger partial charge on any atom is -0.444 e. The molecule has 1 N–H and O–H groups in total. The molecule has 4 saturated carbocycles. The molecule has 6 aliphatic rings. The van der Waals surface area contributed by atoms with Crippen LogP contribution in [-0.4, -0.2) is 52.6 Å². The zero-order valence-electron chi connectivity index (χ0n) is 17.0. The lowest BCUT2D eigenvalue weighted by atomic mass is 9.47. The van der Waals surface area contributed by atoms with Crippen LogP contribution in [0, 0.1) is 29.6 Å². The van der Waals surface area contributed by atoms with E-state index < -0.39 is 11.2 Å². The smallest absolute Gasteiger partial charge is 0.410 e. The number of morpholine rings is 1. The van der Waals surface area contributed by atoms with Gasteiger partial charge in [0.2, 0.25) is 0 Å². The van der Waals surface area contributed by atoms with Crippen LogP contribution in [-0.2, 0) is 9.47 Å². The van der Waals surface area contributed by atoms with Gasteiger partial charge >= 0.3 is 6.09 Å². The summed E-state index contributed by atoms with van der Waals surface area (Å²) in [5.41, 5.74) is -1.14. The number of carbonyl (C=O) groups excluding carboxylic acids is 1. The fraction of sp³-hybridized carbons (Fsp3) is 0.955. The van der Waals surface area contributed by atoms with Crippen LogP contribution in [0.15, 0.2) is 0 Å². The van der Waals surface area contributed by atoms with E-state index in [0.717, 1.165) is 11.8 Å². The minimum absolute atomic E-state index is 0.0606. The Balaban J connectivity index is 1.37. The number of hydrogen-bond donors (Lipinski definition) is 1. The van der Waals surface area contributed by atoms with Gasteiger partial charge in [-0.05, 0) is 95.3 Å². The first-order chi connectivity index (χ1) is 12.7. The molecule has 2 unspecified atom stereocenters. The van der Waals surface area contributed by atoms with Gasteiger partial charge in [-0.3, -0.25) is 4.90 Å². The van der Waals surface area contributed by atoms with Crippen molar-refractivity contribution in [2.75, 3.05) is 13.2 Å². The highest BCUT2D eigenvalue weighted by Crippen LogP contribution is 2.61. The summed E-state index contributed by atoms with van der Waals surface area (Å²) in [6.45, 7) is 6.76. The molecule has 6 fully saturated rings. The number of hydrogen-bond acceptors (Lipinski definition) is 4. The standard InChI is InChI=1S/C22H35NO4/c1-21(2,3)27-20(24)23-17-9-22(25,10-18(23)12-26-11-17)19-15-5-13-4-14(7-15)8-16(19)6-13/h13-19,25H,4-12H2,1-3H3. The van der Waals surface area contributed by atoms with Crippen LogP contribution >= 0.6 is 0 Å². The van der Waals surface area contributed by atoms with Crippen LogP contribution in [0.2, 0.25) is 0 Å². The number of piperidine rings is 1. The van der Waals surface area contributed by atoms with E-state index in [1.807, 2.05) is 25.7 Å². The van der Waals surface area contributed by atoms with Gasteiger partial charge in [0.25, 0.3) is 0 Å². The zero-order valence-corrected chi connectivity index (χ0v) is 17.0. The van der Waals surface area contributed by atoms with Crippen LogP contribution < -0.4 is 0 Å². The third-order valence-electron chi connectivity index (χ3n) is 8.04. The van der Waals surface area contributed by atoms with Crippen LogP contribution in [0.25, 0.3) is 0 Å². The molecule has 0 spiro atoms. The Morgan fingerprint density at radius 3 is 2.00 bits per heavy atom. The number of carbonyl (C=O) groups is 1. The van der Waals surface area contributed by atoms with Gasteiger partial charge in [0.05, 0.1) is 30.9 Å². The molecule has 0 aromatic heterocycles. The molecule has 5 nitrogen and oxygen atoms in total. The molecule has 4 aliphatic carbocycles. The number of nitrogens with zero attached hydrogens (tertiary/aromatic N) is 1. The van der Waals surface area contributed by atoms with Crippen molar-refractivity contribution in [2.45, 2.75) is 89.0 Å².